The summed E-state index contributed by atoms with van der Waals surface area (Å²) in [6.07, 6.45) is 0. The van der Waals surface area contributed by atoms with Crippen LogP contribution in [0.15, 0.2) is 53.4 Å². The molecule has 0 aliphatic rings. The van der Waals surface area contributed by atoms with E-state index in [9.17, 15) is 4.79 Å². The number of hydrogen-bond acceptors (Lipinski definition) is 3. The lowest BCUT2D eigenvalue weighted by molar-refractivity contribution is 0.0948. The first kappa shape index (κ1) is 16.6. The molecule has 116 valence electrons. The largest absolute Gasteiger partial charge is 0.384 e. The van der Waals surface area contributed by atoms with Crippen molar-refractivity contribution in [3.05, 3.63) is 65.2 Å². The van der Waals surface area contributed by atoms with Crippen LogP contribution in [0.5, 0.6) is 0 Å². The summed E-state index contributed by atoms with van der Waals surface area (Å²) >= 11 is 1.64. The Morgan fingerprint density at radius 1 is 1.14 bits per heavy atom. The molecule has 0 saturated carbocycles. The first-order chi connectivity index (χ1) is 10.7. The summed E-state index contributed by atoms with van der Waals surface area (Å²) in [7, 11) is 1.68. The lowest BCUT2D eigenvalue weighted by Crippen LogP contribution is -2.23. The first-order valence-electron chi connectivity index (χ1n) is 7.25. The molecule has 0 heterocycles. The van der Waals surface area contributed by atoms with Crippen molar-refractivity contribution in [3.63, 3.8) is 0 Å². The molecule has 0 fully saturated rings. The van der Waals surface area contributed by atoms with Crippen molar-refractivity contribution in [1.29, 1.82) is 0 Å². The standard InChI is InChI=1S/C18H21NO2S/c1-14-7-9-15(10-8-14)13-19-18(20)16-5-3-4-6-17(16)22-12-11-21-2/h3-10H,11-13H2,1-2H3,(H,19,20). The maximum absolute atomic E-state index is 12.4. The highest BCUT2D eigenvalue weighted by Gasteiger charge is 2.10. The maximum Gasteiger partial charge on any atom is 0.252 e. The van der Waals surface area contributed by atoms with Crippen molar-refractivity contribution in [2.75, 3.05) is 19.5 Å². The molecule has 0 bridgehead atoms. The van der Waals surface area contributed by atoms with Gasteiger partial charge in [0, 0.05) is 24.3 Å². The van der Waals surface area contributed by atoms with Gasteiger partial charge < -0.3 is 10.1 Å². The molecule has 4 heteroatoms. The number of ether oxygens (including phenoxy) is 1. The molecule has 0 aliphatic heterocycles. The Kier molecular flexibility index (Phi) is 6.49. The van der Waals surface area contributed by atoms with Crippen LogP contribution in [0.3, 0.4) is 0 Å². The van der Waals surface area contributed by atoms with E-state index in [-0.39, 0.29) is 5.91 Å². The van der Waals surface area contributed by atoms with E-state index < -0.39 is 0 Å². The average molecular weight is 315 g/mol. The minimum Gasteiger partial charge on any atom is -0.384 e. The van der Waals surface area contributed by atoms with E-state index in [4.69, 9.17) is 4.74 Å². The number of amides is 1. The summed E-state index contributed by atoms with van der Waals surface area (Å²) in [4.78, 5) is 13.4. The van der Waals surface area contributed by atoms with Crippen LogP contribution in [0.2, 0.25) is 0 Å². The van der Waals surface area contributed by atoms with Crippen LogP contribution in [-0.2, 0) is 11.3 Å². The zero-order chi connectivity index (χ0) is 15.8. The molecule has 2 aromatic rings. The van der Waals surface area contributed by atoms with Gasteiger partial charge in [0.15, 0.2) is 0 Å². The molecule has 2 rings (SSSR count). The lowest BCUT2D eigenvalue weighted by Gasteiger charge is -2.10. The van der Waals surface area contributed by atoms with Crippen molar-refractivity contribution in [2.45, 2.75) is 18.4 Å². The van der Waals surface area contributed by atoms with Gasteiger partial charge in [-0.05, 0) is 24.6 Å². The molecule has 0 spiro atoms. The molecule has 22 heavy (non-hydrogen) atoms. The Balaban J connectivity index is 1.98. The molecule has 0 aromatic heterocycles. The molecule has 3 nitrogen and oxygen atoms in total. The van der Waals surface area contributed by atoms with Crippen LogP contribution in [0.4, 0.5) is 0 Å². The third-order valence-corrected chi connectivity index (χ3v) is 4.29. The van der Waals surface area contributed by atoms with Gasteiger partial charge in [-0.1, -0.05) is 42.0 Å². The number of carbonyl (C=O) groups excluding carboxylic acids is 1. The van der Waals surface area contributed by atoms with Crippen LogP contribution in [0, 0.1) is 6.92 Å². The minimum absolute atomic E-state index is 0.0407. The number of thioether (sulfide) groups is 1. The molecule has 0 saturated heterocycles. The fraction of sp³-hybridized carbons (Fsp3) is 0.278. The first-order valence-corrected chi connectivity index (χ1v) is 8.24. The van der Waals surface area contributed by atoms with Crippen LogP contribution in [0.1, 0.15) is 21.5 Å². The zero-order valence-electron chi connectivity index (χ0n) is 13.0. The normalized spacial score (nSPS) is 10.5. The van der Waals surface area contributed by atoms with Gasteiger partial charge in [-0.2, -0.15) is 0 Å². The fourth-order valence-corrected chi connectivity index (χ4v) is 2.96. The number of hydrogen-bond donors (Lipinski definition) is 1. The van der Waals surface area contributed by atoms with Gasteiger partial charge in [-0.25, -0.2) is 0 Å². The number of benzene rings is 2. The van der Waals surface area contributed by atoms with Gasteiger partial charge in [0.1, 0.15) is 0 Å². The van der Waals surface area contributed by atoms with Crippen LogP contribution < -0.4 is 5.32 Å². The van der Waals surface area contributed by atoms with E-state index in [2.05, 4.69) is 24.4 Å². The summed E-state index contributed by atoms with van der Waals surface area (Å²) < 4.78 is 5.06. The van der Waals surface area contributed by atoms with Gasteiger partial charge in [0.05, 0.1) is 12.2 Å². The van der Waals surface area contributed by atoms with E-state index in [1.165, 1.54) is 5.56 Å². The fourth-order valence-electron chi connectivity index (χ4n) is 2.00. The van der Waals surface area contributed by atoms with Crippen molar-refractivity contribution in [1.82, 2.24) is 5.32 Å². The number of methoxy groups -OCH3 is 1. The smallest absolute Gasteiger partial charge is 0.252 e. The Morgan fingerprint density at radius 2 is 1.86 bits per heavy atom. The highest BCUT2D eigenvalue weighted by Crippen LogP contribution is 2.22. The summed E-state index contributed by atoms with van der Waals surface area (Å²) in [5.41, 5.74) is 3.04. The molecule has 1 N–H and O–H groups in total. The SMILES string of the molecule is COCCSc1ccccc1C(=O)NCc1ccc(C)cc1. The molecule has 0 radical (unpaired) electrons. The number of rotatable bonds is 7. The Morgan fingerprint density at radius 3 is 2.59 bits per heavy atom. The monoisotopic (exact) mass is 315 g/mol. The Hall–Kier alpha value is -1.78. The average Bonchev–Trinajstić information content (AvgIpc) is 2.55. The van der Waals surface area contributed by atoms with Crippen LogP contribution >= 0.6 is 11.8 Å². The van der Waals surface area contributed by atoms with Gasteiger partial charge in [-0.3, -0.25) is 4.79 Å². The third-order valence-electron chi connectivity index (χ3n) is 3.25. The molecule has 2 aromatic carbocycles. The lowest BCUT2D eigenvalue weighted by atomic mass is 10.1. The third kappa shape index (κ3) is 4.90. The highest BCUT2D eigenvalue weighted by atomic mass is 32.2. The highest BCUT2D eigenvalue weighted by molar-refractivity contribution is 7.99. The number of nitrogens with one attached hydrogen (secondary N) is 1. The predicted molar refractivity (Wildman–Crippen MR) is 91.4 cm³/mol. The second kappa shape index (κ2) is 8.61. The Labute approximate surface area is 136 Å². The quantitative estimate of drug-likeness (QED) is 0.626. The topological polar surface area (TPSA) is 38.3 Å². The minimum atomic E-state index is -0.0407. The van der Waals surface area contributed by atoms with Crippen molar-refractivity contribution in [3.8, 4) is 0 Å². The molecular formula is C18H21NO2S. The molecule has 0 unspecified atom stereocenters. The van der Waals surface area contributed by atoms with E-state index in [0.717, 1.165) is 21.8 Å². The van der Waals surface area contributed by atoms with Crippen molar-refractivity contribution < 1.29 is 9.53 Å². The van der Waals surface area contributed by atoms with Crippen molar-refractivity contribution in [2.24, 2.45) is 0 Å². The van der Waals surface area contributed by atoms with E-state index in [1.807, 2.05) is 36.4 Å². The second-order valence-electron chi connectivity index (χ2n) is 5.01. The van der Waals surface area contributed by atoms with Gasteiger partial charge in [0.25, 0.3) is 5.91 Å². The second-order valence-corrected chi connectivity index (χ2v) is 6.14. The predicted octanol–water partition coefficient (Wildman–Crippen LogP) is 3.66. The molecule has 0 atom stereocenters. The van der Waals surface area contributed by atoms with Gasteiger partial charge >= 0.3 is 0 Å². The van der Waals surface area contributed by atoms with Gasteiger partial charge in [0.2, 0.25) is 0 Å². The van der Waals surface area contributed by atoms with E-state index in [1.54, 1.807) is 18.9 Å². The molecule has 0 aliphatic carbocycles. The molecule has 1 amide bonds. The summed E-state index contributed by atoms with van der Waals surface area (Å²) in [5.74, 6) is 0.791. The van der Waals surface area contributed by atoms with Gasteiger partial charge in [-0.15, -0.1) is 11.8 Å². The van der Waals surface area contributed by atoms with E-state index >= 15 is 0 Å². The Bertz CT molecular complexity index is 611. The number of carbonyl (C=O) groups is 1. The summed E-state index contributed by atoms with van der Waals surface area (Å²) in [6.45, 7) is 3.26. The van der Waals surface area contributed by atoms with Crippen LogP contribution in [-0.4, -0.2) is 25.4 Å². The van der Waals surface area contributed by atoms with E-state index in [0.29, 0.717) is 13.2 Å². The van der Waals surface area contributed by atoms with Crippen molar-refractivity contribution >= 4 is 17.7 Å². The summed E-state index contributed by atoms with van der Waals surface area (Å²) in [5, 5.41) is 2.98. The van der Waals surface area contributed by atoms with Crippen LogP contribution in [0.25, 0.3) is 0 Å². The zero-order valence-corrected chi connectivity index (χ0v) is 13.8. The number of aryl methyl sites for hydroxylation is 1. The maximum atomic E-state index is 12.4. The summed E-state index contributed by atoms with van der Waals surface area (Å²) in [6, 6.07) is 15.9. The molecular weight excluding hydrogens is 294 g/mol.